The Labute approximate surface area is 143 Å². The minimum Gasteiger partial charge on any atom is -0.480 e. The Morgan fingerprint density at radius 1 is 1.09 bits per heavy atom. The number of amides is 1. The summed E-state index contributed by atoms with van der Waals surface area (Å²) in [5, 5.41) is 12.2. The number of carbonyl (C=O) groups is 2. The van der Waals surface area contributed by atoms with Crippen LogP contribution in [0, 0.1) is 5.92 Å². The number of nitrogens with one attached hydrogen (secondary N) is 1. The second kappa shape index (κ2) is 7.90. The van der Waals surface area contributed by atoms with E-state index in [-0.39, 0.29) is 26.7 Å². The van der Waals surface area contributed by atoms with E-state index in [1.165, 1.54) is 19.1 Å². The molecular formula is C14H16Cl3NO4. The van der Waals surface area contributed by atoms with Crippen molar-refractivity contribution in [1.82, 2.24) is 5.32 Å². The van der Waals surface area contributed by atoms with Gasteiger partial charge in [0.15, 0.2) is 6.10 Å². The summed E-state index contributed by atoms with van der Waals surface area (Å²) in [6, 6.07) is 1.80. The molecule has 1 aromatic rings. The van der Waals surface area contributed by atoms with Crippen molar-refractivity contribution >= 4 is 46.7 Å². The summed E-state index contributed by atoms with van der Waals surface area (Å²) in [5.74, 6) is -1.75. The summed E-state index contributed by atoms with van der Waals surface area (Å²) in [6.07, 6.45) is -0.949. The maximum atomic E-state index is 12.0. The van der Waals surface area contributed by atoms with E-state index in [0.717, 1.165) is 0 Å². The number of carbonyl (C=O) groups excluding carboxylic acids is 1. The molecule has 0 unspecified atom stereocenters. The van der Waals surface area contributed by atoms with Gasteiger partial charge in [-0.2, -0.15) is 0 Å². The van der Waals surface area contributed by atoms with Crippen LogP contribution in [0.4, 0.5) is 0 Å². The van der Waals surface area contributed by atoms with E-state index in [0.29, 0.717) is 0 Å². The molecule has 0 heterocycles. The smallest absolute Gasteiger partial charge is 0.326 e. The van der Waals surface area contributed by atoms with E-state index in [4.69, 9.17) is 44.6 Å². The Morgan fingerprint density at radius 3 is 2.14 bits per heavy atom. The number of hydrogen-bond donors (Lipinski definition) is 2. The molecule has 8 heteroatoms. The summed E-state index contributed by atoms with van der Waals surface area (Å²) in [7, 11) is 0. The topological polar surface area (TPSA) is 75.6 Å². The predicted octanol–water partition coefficient (Wildman–Crippen LogP) is 3.64. The molecular weight excluding hydrogens is 353 g/mol. The number of carboxylic acids is 1. The number of carboxylic acid groups (broad SMARTS) is 1. The van der Waals surface area contributed by atoms with Gasteiger partial charge in [-0.3, -0.25) is 4.79 Å². The molecule has 1 aromatic carbocycles. The Hall–Kier alpha value is -1.17. The van der Waals surface area contributed by atoms with Crippen molar-refractivity contribution in [2.24, 2.45) is 5.92 Å². The van der Waals surface area contributed by atoms with Gasteiger partial charge in [-0.05, 0) is 18.9 Å². The Balaban J connectivity index is 2.80. The molecule has 0 saturated carbocycles. The van der Waals surface area contributed by atoms with Crippen molar-refractivity contribution in [2.45, 2.75) is 32.9 Å². The molecule has 0 bridgehead atoms. The maximum Gasteiger partial charge on any atom is 0.326 e. The number of ether oxygens (including phenoxy) is 1. The maximum absolute atomic E-state index is 12.0. The number of aliphatic carboxylic acids is 1. The van der Waals surface area contributed by atoms with E-state index >= 15 is 0 Å². The van der Waals surface area contributed by atoms with Crippen LogP contribution in [0.5, 0.6) is 5.75 Å². The zero-order valence-corrected chi connectivity index (χ0v) is 14.5. The minimum atomic E-state index is -1.11. The molecule has 0 saturated heterocycles. The Kier molecular flexibility index (Phi) is 6.78. The third-order valence-corrected chi connectivity index (χ3v) is 3.90. The summed E-state index contributed by atoms with van der Waals surface area (Å²) >= 11 is 17.6. The SMILES string of the molecule is CC(C)[C@@H](NC(=O)[C@@H](C)Oc1cc(Cl)c(Cl)cc1Cl)C(=O)O. The van der Waals surface area contributed by atoms with Crippen LogP contribution in [0.2, 0.25) is 15.1 Å². The number of benzene rings is 1. The molecule has 2 N–H and O–H groups in total. The molecule has 122 valence electrons. The van der Waals surface area contributed by atoms with E-state index in [9.17, 15) is 9.59 Å². The number of halogens is 3. The first-order valence-corrected chi connectivity index (χ1v) is 7.61. The standard InChI is InChI=1S/C14H16Cl3NO4/c1-6(2)12(14(20)21)18-13(19)7(3)22-11-5-9(16)8(15)4-10(11)17/h4-7,12H,1-3H3,(H,18,19)(H,20,21)/t7-,12-/m1/s1. The Bertz CT molecular complexity index is 577. The van der Waals surface area contributed by atoms with Gasteiger partial charge in [-0.1, -0.05) is 48.7 Å². The van der Waals surface area contributed by atoms with Gasteiger partial charge in [-0.25, -0.2) is 4.79 Å². The lowest BCUT2D eigenvalue weighted by molar-refractivity contribution is -0.144. The predicted molar refractivity (Wildman–Crippen MR) is 86.0 cm³/mol. The van der Waals surface area contributed by atoms with Crippen molar-refractivity contribution in [3.8, 4) is 5.75 Å². The van der Waals surface area contributed by atoms with Crippen molar-refractivity contribution in [3.63, 3.8) is 0 Å². The van der Waals surface area contributed by atoms with Crippen molar-refractivity contribution in [1.29, 1.82) is 0 Å². The van der Waals surface area contributed by atoms with Crippen molar-refractivity contribution in [3.05, 3.63) is 27.2 Å². The third-order valence-electron chi connectivity index (χ3n) is 2.88. The highest BCUT2D eigenvalue weighted by atomic mass is 35.5. The van der Waals surface area contributed by atoms with Crippen molar-refractivity contribution in [2.75, 3.05) is 0 Å². The average molecular weight is 369 g/mol. The zero-order chi connectivity index (χ0) is 17.0. The van der Waals surface area contributed by atoms with Gasteiger partial charge in [0.25, 0.3) is 5.91 Å². The lowest BCUT2D eigenvalue weighted by Gasteiger charge is -2.21. The molecule has 0 aliphatic carbocycles. The second-order valence-electron chi connectivity index (χ2n) is 5.03. The third kappa shape index (κ3) is 4.93. The molecule has 22 heavy (non-hydrogen) atoms. The zero-order valence-electron chi connectivity index (χ0n) is 12.2. The van der Waals surface area contributed by atoms with Crippen LogP contribution in [0.15, 0.2) is 12.1 Å². The van der Waals surface area contributed by atoms with Crippen LogP contribution in [-0.2, 0) is 9.59 Å². The highest BCUT2D eigenvalue weighted by Crippen LogP contribution is 2.34. The first kappa shape index (κ1) is 18.9. The summed E-state index contributed by atoms with van der Waals surface area (Å²) in [4.78, 5) is 23.1. The summed E-state index contributed by atoms with van der Waals surface area (Å²) < 4.78 is 5.42. The largest absolute Gasteiger partial charge is 0.480 e. The lowest BCUT2D eigenvalue weighted by atomic mass is 10.0. The van der Waals surface area contributed by atoms with Gasteiger partial charge in [0.05, 0.1) is 15.1 Å². The monoisotopic (exact) mass is 367 g/mol. The van der Waals surface area contributed by atoms with Crippen LogP contribution < -0.4 is 10.1 Å². The molecule has 0 radical (unpaired) electrons. The summed E-state index contributed by atoms with van der Waals surface area (Å²) in [6.45, 7) is 4.87. The van der Waals surface area contributed by atoms with Gasteiger partial charge in [0.1, 0.15) is 11.8 Å². The van der Waals surface area contributed by atoms with Gasteiger partial charge < -0.3 is 15.2 Å². The number of rotatable bonds is 6. The Morgan fingerprint density at radius 2 is 1.64 bits per heavy atom. The van der Waals surface area contributed by atoms with Crippen LogP contribution in [-0.4, -0.2) is 29.1 Å². The molecule has 5 nitrogen and oxygen atoms in total. The van der Waals surface area contributed by atoms with Crippen LogP contribution in [0.25, 0.3) is 0 Å². The molecule has 0 fully saturated rings. The van der Waals surface area contributed by atoms with Crippen LogP contribution in [0.1, 0.15) is 20.8 Å². The van der Waals surface area contributed by atoms with E-state index < -0.39 is 24.0 Å². The van der Waals surface area contributed by atoms with Crippen LogP contribution >= 0.6 is 34.8 Å². The van der Waals surface area contributed by atoms with E-state index in [1.807, 2.05) is 0 Å². The molecule has 0 aromatic heterocycles. The lowest BCUT2D eigenvalue weighted by Crippen LogP contribution is -2.48. The molecule has 2 atom stereocenters. The molecule has 0 spiro atoms. The minimum absolute atomic E-state index is 0.190. The molecule has 1 rings (SSSR count). The average Bonchev–Trinajstić information content (AvgIpc) is 2.40. The van der Waals surface area contributed by atoms with Crippen LogP contribution in [0.3, 0.4) is 0 Å². The van der Waals surface area contributed by atoms with Gasteiger partial charge >= 0.3 is 5.97 Å². The highest BCUT2D eigenvalue weighted by Gasteiger charge is 2.26. The fourth-order valence-electron chi connectivity index (χ4n) is 1.62. The summed E-state index contributed by atoms with van der Waals surface area (Å²) in [5.41, 5.74) is 0. The normalized spacial score (nSPS) is 13.6. The molecule has 0 aliphatic heterocycles. The molecule has 1 amide bonds. The second-order valence-corrected chi connectivity index (χ2v) is 6.25. The van der Waals surface area contributed by atoms with E-state index in [1.54, 1.807) is 13.8 Å². The highest BCUT2D eigenvalue weighted by molar-refractivity contribution is 6.43. The van der Waals surface area contributed by atoms with Crippen molar-refractivity contribution < 1.29 is 19.4 Å². The van der Waals surface area contributed by atoms with E-state index in [2.05, 4.69) is 5.32 Å². The quantitative estimate of drug-likeness (QED) is 0.752. The first-order valence-electron chi connectivity index (χ1n) is 6.47. The fourth-order valence-corrected chi connectivity index (χ4v) is 2.20. The van der Waals surface area contributed by atoms with Gasteiger partial charge in [-0.15, -0.1) is 0 Å². The number of hydrogen-bond acceptors (Lipinski definition) is 3. The fraction of sp³-hybridized carbons (Fsp3) is 0.429. The van der Waals surface area contributed by atoms with Gasteiger partial charge in [0.2, 0.25) is 0 Å². The molecule has 0 aliphatic rings. The first-order chi connectivity index (χ1) is 10.1. The van der Waals surface area contributed by atoms with Gasteiger partial charge in [0, 0.05) is 6.07 Å².